The van der Waals surface area contributed by atoms with Gasteiger partial charge >= 0.3 is 5.69 Å². The highest BCUT2D eigenvalue weighted by molar-refractivity contribution is 5.90. The van der Waals surface area contributed by atoms with Gasteiger partial charge in [0.15, 0.2) is 0 Å². The smallest absolute Gasteiger partial charge is 0.301 e. The van der Waals surface area contributed by atoms with Crippen molar-refractivity contribution in [2.24, 2.45) is 0 Å². The topological polar surface area (TPSA) is 123 Å². The van der Waals surface area contributed by atoms with Gasteiger partial charge in [-0.05, 0) is 50.7 Å². The number of hydrogen-bond donors (Lipinski definition) is 1. The van der Waals surface area contributed by atoms with Gasteiger partial charge in [-0.1, -0.05) is 25.3 Å². The minimum absolute atomic E-state index is 0.0214. The first-order valence-electron chi connectivity index (χ1n) is 11.2. The molecular formula is C24H28N6O3. The van der Waals surface area contributed by atoms with E-state index in [9.17, 15) is 15.4 Å². The molecule has 2 aromatic carbocycles. The van der Waals surface area contributed by atoms with Crippen LogP contribution in [0.15, 0.2) is 30.6 Å². The summed E-state index contributed by atoms with van der Waals surface area (Å²) in [5, 5.41) is 21.5. The molecule has 0 unspecified atom stereocenters. The lowest BCUT2D eigenvalue weighted by atomic mass is 9.95. The molecule has 33 heavy (non-hydrogen) atoms. The minimum Gasteiger partial charge on any atom is -0.491 e. The third kappa shape index (κ3) is 4.47. The Kier molecular flexibility index (Phi) is 6.47. The van der Waals surface area contributed by atoms with Crippen LogP contribution in [0.2, 0.25) is 0 Å². The predicted molar refractivity (Wildman–Crippen MR) is 127 cm³/mol. The van der Waals surface area contributed by atoms with Gasteiger partial charge in [0.05, 0.1) is 27.8 Å². The number of benzene rings is 2. The standard InChI is InChI=1S/C24H28N6O3/c1-28(2)10-11-33-22-13-18(24(30(31)32)23(26)19(22)14-25)16-8-9-21-20(12-16)27-15-29(21)17-6-4-3-5-7-17/h8-9,12-13,15,17H,3-7,10-11,26H2,1-2H3. The first kappa shape index (κ1) is 22.6. The number of rotatable bonds is 7. The summed E-state index contributed by atoms with van der Waals surface area (Å²) in [6.45, 7) is 0.949. The molecule has 0 radical (unpaired) electrons. The molecule has 172 valence electrons. The lowest BCUT2D eigenvalue weighted by Crippen LogP contribution is -2.20. The van der Waals surface area contributed by atoms with E-state index >= 15 is 0 Å². The number of aromatic nitrogens is 2. The molecule has 0 atom stereocenters. The molecule has 4 rings (SSSR count). The molecule has 3 aromatic rings. The highest BCUT2D eigenvalue weighted by Crippen LogP contribution is 2.42. The number of nitrogens with two attached hydrogens (primary N) is 1. The van der Waals surface area contributed by atoms with E-state index in [1.165, 1.54) is 19.3 Å². The maximum atomic E-state index is 11.9. The summed E-state index contributed by atoms with van der Waals surface area (Å²) in [5.74, 6) is 0.241. The molecule has 0 aliphatic heterocycles. The van der Waals surface area contributed by atoms with E-state index in [1.807, 2.05) is 49.6 Å². The Balaban J connectivity index is 1.78. The van der Waals surface area contributed by atoms with Crippen LogP contribution >= 0.6 is 0 Å². The third-order valence-corrected chi connectivity index (χ3v) is 6.25. The van der Waals surface area contributed by atoms with Crippen molar-refractivity contribution < 1.29 is 9.66 Å². The van der Waals surface area contributed by atoms with E-state index < -0.39 is 4.92 Å². The lowest BCUT2D eigenvalue weighted by Gasteiger charge is -2.23. The molecule has 1 fully saturated rings. The molecule has 0 spiro atoms. The molecular weight excluding hydrogens is 420 g/mol. The number of anilines is 1. The molecule has 9 heteroatoms. The van der Waals surface area contributed by atoms with Crippen molar-refractivity contribution in [1.29, 1.82) is 5.26 Å². The van der Waals surface area contributed by atoms with Crippen LogP contribution in [0.4, 0.5) is 11.4 Å². The minimum atomic E-state index is -0.542. The highest BCUT2D eigenvalue weighted by Gasteiger charge is 2.27. The lowest BCUT2D eigenvalue weighted by molar-refractivity contribution is -0.383. The second kappa shape index (κ2) is 9.46. The Labute approximate surface area is 192 Å². The van der Waals surface area contributed by atoms with Crippen molar-refractivity contribution in [3.05, 3.63) is 46.3 Å². The number of nitro groups is 1. The summed E-state index contributed by atoms with van der Waals surface area (Å²) < 4.78 is 8.02. The number of ether oxygens (including phenoxy) is 1. The number of hydrogen-bond acceptors (Lipinski definition) is 7. The van der Waals surface area contributed by atoms with Crippen LogP contribution < -0.4 is 10.5 Å². The summed E-state index contributed by atoms with van der Waals surface area (Å²) in [6.07, 6.45) is 7.85. The van der Waals surface area contributed by atoms with Crippen molar-refractivity contribution in [1.82, 2.24) is 14.5 Å². The van der Waals surface area contributed by atoms with Gasteiger partial charge in [-0.3, -0.25) is 10.1 Å². The van der Waals surface area contributed by atoms with Crippen LogP contribution in [0.1, 0.15) is 43.7 Å². The molecule has 0 saturated heterocycles. The van der Waals surface area contributed by atoms with Gasteiger partial charge in [0.25, 0.3) is 0 Å². The summed E-state index contributed by atoms with van der Waals surface area (Å²) >= 11 is 0. The Morgan fingerprint density at radius 2 is 2.06 bits per heavy atom. The van der Waals surface area contributed by atoms with E-state index in [-0.39, 0.29) is 22.7 Å². The number of nitrogens with zero attached hydrogens (tertiary/aromatic N) is 5. The van der Waals surface area contributed by atoms with E-state index in [1.54, 1.807) is 6.07 Å². The van der Waals surface area contributed by atoms with Crippen LogP contribution in [0, 0.1) is 21.4 Å². The summed E-state index contributed by atoms with van der Waals surface area (Å²) in [7, 11) is 3.82. The van der Waals surface area contributed by atoms with Gasteiger partial charge in [-0.25, -0.2) is 4.98 Å². The molecule has 1 saturated carbocycles. The van der Waals surface area contributed by atoms with Gasteiger partial charge < -0.3 is 19.9 Å². The van der Waals surface area contributed by atoms with Crippen LogP contribution in [-0.4, -0.2) is 46.6 Å². The monoisotopic (exact) mass is 448 g/mol. The fourth-order valence-electron chi connectivity index (χ4n) is 4.50. The Morgan fingerprint density at radius 3 is 2.73 bits per heavy atom. The first-order chi connectivity index (χ1) is 15.9. The Morgan fingerprint density at radius 1 is 1.30 bits per heavy atom. The second-order valence-electron chi connectivity index (χ2n) is 8.73. The summed E-state index contributed by atoms with van der Waals surface area (Å²) in [4.78, 5) is 17.9. The number of imidazole rings is 1. The zero-order valence-electron chi connectivity index (χ0n) is 19.0. The van der Waals surface area contributed by atoms with Gasteiger partial charge in [-0.15, -0.1) is 0 Å². The van der Waals surface area contributed by atoms with Gasteiger partial charge in [0, 0.05) is 12.6 Å². The van der Waals surface area contributed by atoms with Crippen molar-refractivity contribution in [2.75, 3.05) is 33.0 Å². The maximum absolute atomic E-state index is 11.9. The van der Waals surface area contributed by atoms with Crippen molar-refractivity contribution in [3.8, 4) is 22.9 Å². The predicted octanol–water partition coefficient (Wildman–Crippen LogP) is 4.51. The number of nitro benzene ring substituents is 1. The quantitative estimate of drug-likeness (QED) is 0.320. The fourth-order valence-corrected chi connectivity index (χ4v) is 4.50. The first-order valence-corrected chi connectivity index (χ1v) is 11.2. The number of nitrogen functional groups attached to an aromatic ring is 1. The zero-order chi connectivity index (χ0) is 23.5. The molecule has 0 amide bonds. The Hall–Kier alpha value is -3.64. The van der Waals surface area contributed by atoms with E-state index in [2.05, 4.69) is 9.55 Å². The van der Waals surface area contributed by atoms with E-state index in [0.29, 0.717) is 30.3 Å². The Bertz CT molecular complexity index is 1220. The zero-order valence-corrected chi connectivity index (χ0v) is 19.0. The van der Waals surface area contributed by atoms with E-state index in [4.69, 9.17) is 10.5 Å². The number of likely N-dealkylation sites (N-methyl/N-ethyl adjacent to an activating group) is 1. The summed E-state index contributed by atoms with van der Waals surface area (Å²) in [6, 6.07) is 9.58. The SMILES string of the molecule is CN(C)CCOc1cc(-c2ccc3c(c2)ncn3C2CCCCC2)c([N+](=O)[O-])c(N)c1C#N. The van der Waals surface area contributed by atoms with Crippen LogP contribution in [0.25, 0.3) is 22.2 Å². The molecule has 1 aromatic heterocycles. The molecule has 1 aliphatic rings. The molecule has 1 aliphatic carbocycles. The van der Waals surface area contributed by atoms with Crippen molar-refractivity contribution >= 4 is 22.4 Å². The van der Waals surface area contributed by atoms with Crippen molar-refractivity contribution in [3.63, 3.8) is 0 Å². The van der Waals surface area contributed by atoms with Crippen LogP contribution in [0.3, 0.4) is 0 Å². The average Bonchev–Trinajstić information content (AvgIpc) is 3.22. The van der Waals surface area contributed by atoms with Gasteiger partial charge in [0.2, 0.25) is 0 Å². The molecule has 2 N–H and O–H groups in total. The highest BCUT2D eigenvalue weighted by atomic mass is 16.6. The largest absolute Gasteiger partial charge is 0.491 e. The molecule has 0 bridgehead atoms. The van der Waals surface area contributed by atoms with Crippen LogP contribution in [-0.2, 0) is 0 Å². The van der Waals surface area contributed by atoms with Gasteiger partial charge in [0.1, 0.15) is 29.7 Å². The van der Waals surface area contributed by atoms with Crippen molar-refractivity contribution in [2.45, 2.75) is 38.1 Å². The maximum Gasteiger partial charge on any atom is 0.301 e. The third-order valence-electron chi connectivity index (χ3n) is 6.25. The normalized spacial score (nSPS) is 14.5. The molecule has 1 heterocycles. The van der Waals surface area contributed by atoms with Crippen LogP contribution in [0.5, 0.6) is 5.75 Å². The number of nitriles is 1. The fraction of sp³-hybridized carbons (Fsp3) is 0.417. The summed E-state index contributed by atoms with van der Waals surface area (Å²) in [5.41, 5.74) is 8.30. The van der Waals surface area contributed by atoms with Gasteiger partial charge in [-0.2, -0.15) is 5.26 Å². The number of fused-ring (bicyclic) bond motifs is 1. The molecule has 9 nitrogen and oxygen atoms in total. The second-order valence-corrected chi connectivity index (χ2v) is 8.73. The average molecular weight is 449 g/mol. The van der Waals surface area contributed by atoms with E-state index in [0.717, 1.165) is 23.9 Å².